The molecule has 0 spiro atoms. The van der Waals surface area contributed by atoms with Crippen molar-refractivity contribution in [3.63, 3.8) is 0 Å². The predicted octanol–water partition coefficient (Wildman–Crippen LogP) is 3.19. The minimum atomic E-state index is -0.0909. The number of ketones is 1. The normalized spacial score (nSPS) is 25.0. The number of alkyl halides is 1. The lowest BCUT2D eigenvalue weighted by Crippen LogP contribution is -2.41. The fourth-order valence-corrected chi connectivity index (χ4v) is 3.23. The third-order valence-corrected chi connectivity index (χ3v) is 4.38. The smallest absolute Gasteiger partial charge is 0.196 e. The number of carbonyl (C=O) groups excluding carboxylic acids is 1. The van der Waals surface area contributed by atoms with Crippen LogP contribution in [0.2, 0.25) is 0 Å². The molecular weight excluding hydrogens is 256 g/mol. The minimum Gasteiger partial charge on any atom is -0.345 e. The number of piperidine rings is 1. The maximum Gasteiger partial charge on any atom is 0.196 e. The highest BCUT2D eigenvalue weighted by atomic mass is 35.5. The van der Waals surface area contributed by atoms with Crippen LogP contribution >= 0.6 is 22.9 Å². The van der Waals surface area contributed by atoms with Crippen LogP contribution in [-0.4, -0.2) is 29.2 Å². The van der Waals surface area contributed by atoms with Crippen LogP contribution in [0.15, 0.2) is 5.38 Å². The van der Waals surface area contributed by atoms with Crippen molar-refractivity contribution >= 4 is 33.9 Å². The van der Waals surface area contributed by atoms with Gasteiger partial charge in [-0.05, 0) is 25.7 Å². The van der Waals surface area contributed by atoms with Gasteiger partial charge in [0.25, 0.3) is 0 Å². The van der Waals surface area contributed by atoms with Gasteiger partial charge in [0.05, 0.1) is 5.88 Å². The monoisotopic (exact) mass is 272 g/mol. The predicted molar refractivity (Wildman–Crippen MR) is 72.4 cm³/mol. The molecule has 0 saturated carbocycles. The van der Waals surface area contributed by atoms with Gasteiger partial charge in [0, 0.05) is 18.0 Å². The van der Waals surface area contributed by atoms with Gasteiger partial charge in [0.1, 0.15) is 5.69 Å². The van der Waals surface area contributed by atoms with Crippen LogP contribution in [0.5, 0.6) is 0 Å². The van der Waals surface area contributed by atoms with Crippen LogP contribution in [0.25, 0.3) is 0 Å². The molecular formula is C12H17ClN2OS. The number of thiazole rings is 1. The molecule has 1 fully saturated rings. The first-order chi connectivity index (χ1) is 8.11. The fourth-order valence-electron chi connectivity index (χ4n) is 2.15. The van der Waals surface area contributed by atoms with Gasteiger partial charge in [-0.15, -0.1) is 22.9 Å². The van der Waals surface area contributed by atoms with Crippen molar-refractivity contribution in [2.24, 2.45) is 5.92 Å². The molecule has 2 atom stereocenters. The van der Waals surface area contributed by atoms with Crippen molar-refractivity contribution in [2.45, 2.75) is 32.7 Å². The van der Waals surface area contributed by atoms with Crippen molar-refractivity contribution in [3.8, 4) is 0 Å². The Labute approximate surface area is 111 Å². The van der Waals surface area contributed by atoms with E-state index in [4.69, 9.17) is 11.6 Å². The first kappa shape index (κ1) is 12.8. The molecule has 1 aromatic rings. The Hall–Kier alpha value is -0.610. The Morgan fingerprint density at radius 2 is 2.35 bits per heavy atom. The van der Waals surface area contributed by atoms with Gasteiger partial charge < -0.3 is 4.90 Å². The molecule has 0 radical (unpaired) electrons. The fraction of sp³-hybridized carbons (Fsp3) is 0.667. The van der Waals surface area contributed by atoms with E-state index in [0.29, 0.717) is 17.7 Å². The summed E-state index contributed by atoms with van der Waals surface area (Å²) in [5.74, 6) is 0.615. The molecule has 0 amide bonds. The number of anilines is 1. The van der Waals surface area contributed by atoms with Gasteiger partial charge in [0.2, 0.25) is 0 Å². The van der Waals surface area contributed by atoms with Crippen LogP contribution in [0.4, 0.5) is 5.13 Å². The highest BCUT2D eigenvalue weighted by Gasteiger charge is 2.25. The molecule has 1 aromatic heterocycles. The van der Waals surface area contributed by atoms with Gasteiger partial charge >= 0.3 is 0 Å². The molecule has 0 bridgehead atoms. The van der Waals surface area contributed by atoms with Crippen molar-refractivity contribution in [1.82, 2.24) is 4.98 Å². The molecule has 0 aromatic carbocycles. The summed E-state index contributed by atoms with van der Waals surface area (Å²) in [6, 6.07) is 0.510. The molecule has 0 aliphatic carbocycles. The lowest BCUT2D eigenvalue weighted by atomic mass is 9.96. The number of carbonyl (C=O) groups is 1. The van der Waals surface area contributed by atoms with E-state index in [1.807, 2.05) is 5.38 Å². The molecule has 94 valence electrons. The van der Waals surface area contributed by atoms with Crippen LogP contribution < -0.4 is 4.90 Å². The summed E-state index contributed by atoms with van der Waals surface area (Å²) >= 11 is 7.08. The van der Waals surface area contributed by atoms with Crippen LogP contribution in [0, 0.1) is 5.92 Å². The number of rotatable bonds is 3. The number of hydrogen-bond acceptors (Lipinski definition) is 4. The summed E-state index contributed by atoms with van der Waals surface area (Å²) in [5, 5.41) is 2.77. The molecule has 2 heterocycles. The van der Waals surface area contributed by atoms with Gasteiger partial charge in [0.15, 0.2) is 10.9 Å². The Kier molecular flexibility index (Phi) is 4.05. The van der Waals surface area contributed by atoms with E-state index >= 15 is 0 Å². The minimum absolute atomic E-state index is 0.00906. The standard InChI is InChI=1S/C12H17ClN2OS/c1-8-3-4-9(2)15(6-8)12-14-10(7-17-12)11(16)5-13/h7-9H,3-6H2,1-2H3. The highest BCUT2D eigenvalue weighted by Crippen LogP contribution is 2.29. The van der Waals surface area contributed by atoms with Gasteiger partial charge in [-0.2, -0.15) is 0 Å². The van der Waals surface area contributed by atoms with Crippen LogP contribution in [0.3, 0.4) is 0 Å². The lowest BCUT2D eigenvalue weighted by molar-refractivity contribution is 0.101. The molecule has 1 saturated heterocycles. The van der Waals surface area contributed by atoms with E-state index in [1.54, 1.807) is 11.3 Å². The van der Waals surface area contributed by atoms with Crippen LogP contribution in [-0.2, 0) is 0 Å². The maximum absolute atomic E-state index is 11.4. The SMILES string of the molecule is CC1CCC(C)N(c2nc(C(=O)CCl)cs2)C1. The Morgan fingerprint density at radius 1 is 1.59 bits per heavy atom. The Bertz CT molecular complexity index is 407. The zero-order chi connectivity index (χ0) is 12.4. The Morgan fingerprint density at radius 3 is 3.06 bits per heavy atom. The summed E-state index contributed by atoms with van der Waals surface area (Å²) in [4.78, 5) is 18.2. The summed E-state index contributed by atoms with van der Waals surface area (Å²) in [7, 11) is 0. The lowest BCUT2D eigenvalue weighted by Gasteiger charge is -2.36. The Balaban J connectivity index is 2.15. The molecule has 5 heteroatoms. The van der Waals surface area contributed by atoms with Gasteiger partial charge in [-0.3, -0.25) is 4.79 Å². The van der Waals surface area contributed by atoms with E-state index in [1.165, 1.54) is 12.8 Å². The number of aromatic nitrogens is 1. The number of hydrogen-bond donors (Lipinski definition) is 0. The second kappa shape index (κ2) is 5.36. The highest BCUT2D eigenvalue weighted by molar-refractivity contribution is 7.14. The van der Waals surface area contributed by atoms with Crippen molar-refractivity contribution in [1.29, 1.82) is 0 Å². The molecule has 17 heavy (non-hydrogen) atoms. The van der Waals surface area contributed by atoms with E-state index in [0.717, 1.165) is 11.7 Å². The molecule has 2 rings (SSSR count). The summed E-state index contributed by atoms with van der Waals surface area (Å²) in [5.41, 5.74) is 0.505. The maximum atomic E-state index is 11.4. The van der Waals surface area contributed by atoms with E-state index in [-0.39, 0.29) is 11.7 Å². The molecule has 1 aliphatic rings. The average Bonchev–Trinajstić information content (AvgIpc) is 2.80. The second-order valence-electron chi connectivity index (χ2n) is 4.76. The summed E-state index contributed by atoms with van der Waals surface area (Å²) in [6.07, 6.45) is 2.47. The zero-order valence-corrected chi connectivity index (χ0v) is 11.7. The first-order valence-corrected chi connectivity index (χ1v) is 7.34. The number of Topliss-reactive ketones (excluding diaryl/α,β-unsaturated/α-hetero) is 1. The average molecular weight is 273 g/mol. The van der Waals surface area contributed by atoms with Crippen molar-refractivity contribution in [3.05, 3.63) is 11.1 Å². The summed E-state index contributed by atoms with van der Waals surface area (Å²) < 4.78 is 0. The van der Waals surface area contributed by atoms with E-state index in [9.17, 15) is 4.79 Å². The topological polar surface area (TPSA) is 33.2 Å². The summed E-state index contributed by atoms with van der Waals surface area (Å²) in [6.45, 7) is 5.51. The number of halogens is 1. The van der Waals surface area contributed by atoms with Crippen LogP contribution in [0.1, 0.15) is 37.2 Å². The number of nitrogens with zero attached hydrogens (tertiary/aromatic N) is 2. The largest absolute Gasteiger partial charge is 0.345 e. The second-order valence-corrected chi connectivity index (χ2v) is 5.86. The molecule has 0 N–H and O–H groups in total. The van der Waals surface area contributed by atoms with E-state index in [2.05, 4.69) is 23.7 Å². The third kappa shape index (κ3) is 2.80. The van der Waals surface area contributed by atoms with Crippen molar-refractivity contribution in [2.75, 3.05) is 17.3 Å². The zero-order valence-electron chi connectivity index (χ0n) is 10.1. The molecule has 3 nitrogen and oxygen atoms in total. The van der Waals surface area contributed by atoms with Gasteiger partial charge in [-0.25, -0.2) is 4.98 Å². The van der Waals surface area contributed by atoms with Crippen molar-refractivity contribution < 1.29 is 4.79 Å². The van der Waals surface area contributed by atoms with Gasteiger partial charge in [-0.1, -0.05) is 6.92 Å². The molecule has 1 aliphatic heterocycles. The quantitative estimate of drug-likeness (QED) is 0.626. The molecule has 2 unspecified atom stereocenters. The van der Waals surface area contributed by atoms with E-state index < -0.39 is 0 Å². The first-order valence-electron chi connectivity index (χ1n) is 5.93. The third-order valence-electron chi connectivity index (χ3n) is 3.26.